The van der Waals surface area contributed by atoms with Gasteiger partial charge in [-0.15, -0.1) is 0 Å². The van der Waals surface area contributed by atoms with Crippen LogP contribution in [0.1, 0.15) is 11.1 Å². The number of likely N-dealkylation sites (N-methyl/N-ethyl adjacent to an activating group) is 1. The van der Waals surface area contributed by atoms with E-state index in [4.69, 9.17) is 14.6 Å². The molecule has 19 heavy (non-hydrogen) atoms. The Morgan fingerprint density at radius 2 is 2.00 bits per heavy atom. The first kappa shape index (κ1) is 15.3. The number of ether oxygens (including phenoxy) is 2. The minimum absolute atomic E-state index is 0.0392. The van der Waals surface area contributed by atoms with Crippen LogP contribution < -0.4 is 9.47 Å². The van der Waals surface area contributed by atoms with Crippen LogP contribution in [0.4, 0.5) is 0 Å². The minimum atomic E-state index is -0.819. The Labute approximate surface area is 113 Å². The molecule has 0 aliphatic carbocycles. The standard InChI is InChI=1S/C14H21NO4/c1-10-7-11(18-3)8-13(19-4)12(10)5-6-15(2)9-14(16)17/h7-8H,5-6,9H2,1-4H3,(H,16,17). The van der Waals surface area contributed by atoms with Crippen LogP contribution in [0.2, 0.25) is 0 Å². The van der Waals surface area contributed by atoms with Gasteiger partial charge in [-0.25, -0.2) is 0 Å². The molecule has 1 rings (SSSR count). The molecule has 1 aromatic carbocycles. The van der Waals surface area contributed by atoms with E-state index in [2.05, 4.69) is 0 Å². The number of aliphatic carboxylic acids is 1. The lowest BCUT2D eigenvalue weighted by Gasteiger charge is -2.17. The second-order valence-corrected chi connectivity index (χ2v) is 4.51. The second kappa shape index (κ2) is 6.99. The number of rotatable bonds is 7. The van der Waals surface area contributed by atoms with E-state index in [1.165, 1.54) is 0 Å². The predicted octanol–water partition coefficient (Wildman–Crippen LogP) is 1.57. The van der Waals surface area contributed by atoms with Crippen LogP contribution in [-0.2, 0) is 11.2 Å². The van der Waals surface area contributed by atoms with E-state index in [-0.39, 0.29) is 6.54 Å². The van der Waals surface area contributed by atoms with Crippen molar-refractivity contribution in [3.63, 3.8) is 0 Å². The number of carbonyl (C=O) groups is 1. The topological polar surface area (TPSA) is 59.0 Å². The summed E-state index contributed by atoms with van der Waals surface area (Å²) in [5.41, 5.74) is 2.17. The first-order chi connectivity index (χ1) is 8.97. The summed E-state index contributed by atoms with van der Waals surface area (Å²) < 4.78 is 10.6. The Bertz CT molecular complexity index is 445. The molecule has 0 aromatic heterocycles. The van der Waals surface area contributed by atoms with Crippen molar-refractivity contribution in [2.75, 3.05) is 34.4 Å². The van der Waals surface area contributed by atoms with Gasteiger partial charge in [-0.05, 0) is 37.6 Å². The van der Waals surface area contributed by atoms with Crippen LogP contribution in [0.15, 0.2) is 12.1 Å². The van der Waals surface area contributed by atoms with Crippen molar-refractivity contribution in [2.45, 2.75) is 13.3 Å². The smallest absolute Gasteiger partial charge is 0.317 e. The molecule has 0 saturated heterocycles. The van der Waals surface area contributed by atoms with Gasteiger partial charge in [-0.3, -0.25) is 9.69 Å². The predicted molar refractivity (Wildman–Crippen MR) is 73.1 cm³/mol. The van der Waals surface area contributed by atoms with Crippen LogP contribution in [0, 0.1) is 6.92 Å². The number of carboxylic acids is 1. The van der Waals surface area contributed by atoms with Gasteiger partial charge in [0.2, 0.25) is 0 Å². The highest BCUT2D eigenvalue weighted by Gasteiger charge is 2.11. The highest BCUT2D eigenvalue weighted by molar-refractivity contribution is 5.69. The van der Waals surface area contributed by atoms with E-state index >= 15 is 0 Å². The fourth-order valence-corrected chi connectivity index (χ4v) is 1.99. The average molecular weight is 267 g/mol. The van der Waals surface area contributed by atoms with Gasteiger partial charge in [-0.1, -0.05) is 0 Å². The molecule has 0 fully saturated rings. The van der Waals surface area contributed by atoms with Crippen molar-refractivity contribution in [2.24, 2.45) is 0 Å². The number of hydrogen-bond acceptors (Lipinski definition) is 4. The van der Waals surface area contributed by atoms with E-state index in [1.54, 1.807) is 26.2 Å². The molecule has 0 aliphatic heterocycles. The van der Waals surface area contributed by atoms with Gasteiger partial charge in [0.05, 0.1) is 20.8 Å². The average Bonchev–Trinajstić information content (AvgIpc) is 2.35. The highest BCUT2D eigenvalue weighted by atomic mass is 16.5. The molecule has 106 valence electrons. The molecule has 0 heterocycles. The van der Waals surface area contributed by atoms with Crippen molar-refractivity contribution in [1.29, 1.82) is 0 Å². The molecule has 0 unspecified atom stereocenters. The van der Waals surface area contributed by atoms with Crippen LogP contribution in [0.3, 0.4) is 0 Å². The van der Waals surface area contributed by atoms with Crippen molar-refractivity contribution in [1.82, 2.24) is 4.90 Å². The second-order valence-electron chi connectivity index (χ2n) is 4.51. The van der Waals surface area contributed by atoms with E-state index in [9.17, 15) is 4.79 Å². The summed E-state index contributed by atoms with van der Waals surface area (Å²) in [5.74, 6) is 0.721. The Kier molecular flexibility index (Phi) is 5.63. The largest absolute Gasteiger partial charge is 0.497 e. The number of carboxylic acid groups (broad SMARTS) is 1. The SMILES string of the molecule is COc1cc(C)c(CCN(C)CC(=O)O)c(OC)c1. The molecule has 0 amide bonds. The van der Waals surface area contributed by atoms with Gasteiger partial charge < -0.3 is 14.6 Å². The Morgan fingerprint density at radius 1 is 1.32 bits per heavy atom. The maximum Gasteiger partial charge on any atom is 0.317 e. The van der Waals surface area contributed by atoms with Gasteiger partial charge in [0.25, 0.3) is 0 Å². The van der Waals surface area contributed by atoms with Crippen molar-refractivity contribution >= 4 is 5.97 Å². The molecule has 0 radical (unpaired) electrons. The number of methoxy groups -OCH3 is 2. The van der Waals surface area contributed by atoms with Gasteiger partial charge in [0.1, 0.15) is 11.5 Å². The molecule has 1 N–H and O–H groups in total. The Morgan fingerprint density at radius 3 is 2.53 bits per heavy atom. The number of benzene rings is 1. The number of aryl methyl sites for hydroxylation is 1. The molecule has 5 heteroatoms. The molecule has 0 aliphatic rings. The fraction of sp³-hybridized carbons (Fsp3) is 0.500. The Hall–Kier alpha value is -1.75. The summed E-state index contributed by atoms with van der Waals surface area (Å²) in [6.07, 6.45) is 0.739. The van der Waals surface area contributed by atoms with Crippen molar-refractivity contribution in [3.8, 4) is 11.5 Å². The third-order valence-electron chi connectivity index (χ3n) is 3.01. The maximum absolute atomic E-state index is 10.6. The van der Waals surface area contributed by atoms with Crippen LogP contribution >= 0.6 is 0 Å². The third-order valence-corrected chi connectivity index (χ3v) is 3.01. The lowest BCUT2D eigenvalue weighted by molar-refractivity contribution is -0.137. The van der Waals surface area contributed by atoms with Gasteiger partial charge >= 0.3 is 5.97 Å². The Balaban J connectivity index is 2.80. The van der Waals surface area contributed by atoms with Crippen molar-refractivity contribution in [3.05, 3.63) is 23.3 Å². The quantitative estimate of drug-likeness (QED) is 0.812. The summed E-state index contributed by atoms with van der Waals surface area (Å²) >= 11 is 0. The van der Waals surface area contributed by atoms with Crippen molar-refractivity contribution < 1.29 is 19.4 Å². The normalized spacial score (nSPS) is 10.6. The molecule has 1 aromatic rings. The molecule has 0 atom stereocenters. The molecule has 5 nitrogen and oxygen atoms in total. The van der Waals surface area contributed by atoms with E-state index in [0.717, 1.165) is 29.0 Å². The molecular weight excluding hydrogens is 246 g/mol. The monoisotopic (exact) mass is 267 g/mol. The van der Waals surface area contributed by atoms with E-state index in [1.807, 2.05) is 19.1 Å². The first-order valence-corrected chi connectivity index (χ1v) is 6.09. The summed E-state index contributed by atoms with van der Waals surface area (Å²) in [6.45, 7) is 2.70. The third kappa shape index (κ3) is 4.44. The zero-order chi connectivity index (χ0) is 14.4. The lowest BCUT2D eigenvalue weighted by Crippen LogP contribution is -2.27. The summed E-state index contributed by atoms with van der Waals surface area (Å²) in [7, 11) is 5.03. The lowest BCUT2D eigenvalue weighted by atomic mass is 10.0. The first-order valence-electron chi connectivity index (χ1n) is 6.09. The number of nitrogens with zero attached hydrogens (tertiary/aromatic N) is 1. The van der Waals surface area contributed by atoms with E-state index in [0.29, 0.717) is 6.54 Å². The van der Waals surface area contributed by atoms with Crippen LogP contribution in [0.25, 0.3) is 0 Å². The molecule has 0 saturated carbocycles. The number of hydrogen-bond donors (Lipinski definition) is 1. The molecular formula is C14H21NO4. The summed E-state index contributed by atoms with van der Waals surface area (Å²) in [4.78, 5) is 12.4. The van der Waals surface area contributed by atoms with Gasteiger partial charge in [0.15, 0.2) is 0 Å². The minimum Gasteiger partial charge on any atom is -0.497 e. The highest BCUT2D eigenvalue weighted by Crippen LogP contribution is 2.28. The molecule has 0 bridgehead atoms. The van der Waals surface area contributed by atoms with Crippen LogP contribution in [-0.4, -0.2) is 50.3 Å². The van der Waals surface area contributed by atoms with Gasteiger partial charge in [0, 0.05) is 12.6 Å². The maximum atomic E-state index is 10.6. The zero-order valence-electron chi connectivity index (χ0n) is 11.9. The van der Waals surface area contributed by atoms with E-state index < -0.39 is 5.97 Å². The van der Waals surface area contributed by atoms with Crippen LogP contribution in [0.5, 0.6) is 11.5 Å². The fourth-order valence-electron chi connectivity index (χ4n) is 1.99. The molecule has 0 spiro atoms. The summed E-state index contributed by atoms with van der Waals surface area (Å²) in [6, 6.07) is 3.80. The summed E-state index contributed by atoms with van der Waals surface area (Å²) in [5, 5.41) is 8.72. The zero-order valence-corrected chi connectivity index (χ0v) is 11.9. The van der Waals surface area contributed by atoms with Gasteiger partial charge in [-0.2, -0.15) is 0 Å².